The van der Waals surface area contributed by atoms with Crippen molar-refractivity contribution in [1.29, 1.82) is 0 Å². The first-order valence-corrected chi connectivity index (χ1v) is 7.06. The molecule has 9 heteroatoms. The van der Waals surface area contributed by atoms with Crippen molar-refractivity contribution in [3.8, 4) is 0 Å². The lowest BCUT2D eigenvalue weighted by Gasteiger charge is -2.21. The van der Waals surface area contributed by atoms with Gasteiger partial charge in [0, 0.05) is 0 Å². The maximum absolute atomic E-state index is 11.8. The van der Waals surface area contributed by atoms with Crippen LogP contribution in [0.2, 0.25) is 0 Å². The highest BCUT2D eigenvalue weighted by Crippen LogP contribution is 2.01. The Bertz CT molecular complexity index is 604. The van der Waals surface area contributed by atoms with E-state index in [1.54, 1.807) is 24.3 Å². The third-order valence-corrected chi connectivity index (χ3v) is 2.95. The van der Waals surface area contributed by atoms with Gasteiger partial charge in [0.15, 0.2) is 0 Å². The summed E-state index contributed by atoms with van der Waals surface area (Å²) in [4.78, 5) is 45.0. The number of primary amides is 1. The van der Waals surface area contributed by atoms with Gasteiger partial charge in [0.25, 0.3) is 0 Å². The maximum atomic E-state index is 11.8. The molecule has 1 aromatic rings. The van der Waals surface area contributed by atoms with Crippen LogP contribution in [0.3, 0.4) is 0 Å². The predicted octanol–water partition coefficient (Wildman–Crippen LogP) is -1.59. The zero-order chi connectivity index (χ0) is 18.1. The van der Waals surface area contributed by atoms with E-state index in [1.165, 1.54) is 6.92 Å². The number of ether oxygens (including phenoxy) is 1. The van der Waals surface area contributed by atoms with Gasteiger partial charge in [0.05, 0.1) is 18.4 Å². The van der Waals surface area contributed by atoms with Gasteiger partial charge in [-0.2, -0.15) is 0 Å². The van der Waals surface area contributed by atoms with E-state index in [4.69, 9.17) is 10.5 Å². The fraction of sp³-hybridized carbons (Fsp3) is 0.333. The number of carboxylic acids is 1. The van der Waals surface area contributed by atoms with E-state index in [9.17, 15) is 24.3 Å². The summed E-state index contributed by atoms with van der Waals surface area (Å²) >= 11 is 0. The van der Waals surface area contributed by atoms with Crippen molar-refractivity contribution in [3.05, 3.63) is 35.9 Å². The molecule has 130 valence electrons. The minimum atomic E-state index is -1.65. The quantitative estimate of drug-likeness (QED) is 0.521. The summed E-state index contributed by atoms with van der Waals surface area (Å²) in [6, 6.07) is 6.25. The number of alkyl carbamates (subject to hydrolysis) is 1. The average Bonchev–Trinajstić information content (AvgIpc) is 2.52. The molecule has 0 spiro atoms. The van der Waals surface area contributed by atoms with Gasteiger partial charge in [-0.25, -0.2) is 4.79 Å². The second-order valence-electron chi connectivity index (χ2n) is 4.98. The van der Waals surface area contributed by atoms with Crippen LogP contribution in [0.15, 0.2) is 30.3 Å². The second kappa shape index (κ2) is 9.13. The molecule has 0 fully saturated rings. The van der Waals surface area contributed by atoms with Gasteiger partial charge in [-0.1, -0.05) is 30.3 Å². The largest absolute Gasteiger partial charge is 0.548 e. The van der Waals surface area contributed by atoms with Crippen LogP contribution in [0.4, 0.5) is 4.79 Å². The lowest BCUT2D eigenvalue weighted by molar-refractivity contribution is -0.308. The Morgan fingerprint density at radius 2 is 1.79 bits per heavy atom. The number of nitrogens with two attached hydrogens (primary N) is 1. The summed E-state index contributed by atoms with van der Waals surface area (Å²) in [6.45, 7) is 1.35. The van der Waals surface area contributed by atoms with Gasteiger partial charge >= 0.3 is 6.09 Å². The van der Waals surface area contributed by atoms with E-state index >= 15 is 0 Å². The number of amides is 3. The van der Waals surface area contributed by atoms with Crippen LogP contribution in [0.1, 0.15) is 18.9 Å². The SMILES string of the molecule is C[C@H](NC(=O)OCc1ccccc1)C(=O)N[C@@H](CC(N)=O)C(=O)[O-]. The van der Waals surface area contributed by atoms with Gasteiger partial charge in [0.1, 0.15) is 12.6 Å². The Kier molecular flexibility index (Phi) is 7.21. The Labute approximate surface area is 138 Å². The van der Waals surface area contributed by atoms with E-state index in [2.05, 4.69) is 10.6 Å². The molecule has 0 aliphatic heterocycles. The highest BCUT2D eigenvalue weighted by molar-refractivity contribution is 5.90. The van der Waals surface area contributed by atoms with E-state index in [0.29, 0.717) is 0 Å². The molecule has 0 bridgehead atoms. The zero-order valence-corrected chi connectivity index (χ0v) is 13.0. The molecule has 0 aromatic heterocycles. The smallest absolute Gasteiger partial charge is 0.408 e. The summed E-state index contributed by atoms with van der Waals surface area (Å²) in [5.41, 5.74) is 5.65. The number of aliphatic carboxylic acids is 1. The van der Waals surface area contributed by atoms with Crippen LogP contribution in [-0.2, 0) is 25.7 Å². The van der Waals surface area contributed by atoms with Crippen LogP contribution in [0, 0.1) is 0 Å². The number of hydrogen-bond acceptors (Lipinski definition) is 6. The maximum Gasteiger partial charge on any atom is 0.408 e. The number of hydrogen-bond donors (Lipinski definition) is 3. The van der Waals surface area contributed by atoms with Gasteiger partial charge in [0.2, 0.25) is 11.8 Å². The molecule has 0 heterocycles. The van der Waals surface area contributed by atoms with E-state index in [0.717, 1.165) is 5.56 Å². The van der Waals surface area contributed by atoms with Crippen LogP contribution >= 0.6 is 0 Å². The Balaban J connectivity index is 2.45. The lowest BCUT2D eigenvalue weighted by Crippen LogP contribution is -2.54. The molecule has 0 unspecified atom stereocenters. The van der Waals surface area contributed by atoms with Crippen LogP contribution in [0.5, 0.6) is 0 Å². The van der Waals surface area contributed by atoms with Crippen molar-refractivity contribution in [2.45, 2.75) is 32.0 Å². The van der Waals surface area contributed by atoms with E-state index < -0.39 is 42.4 Å². The Morgan fingerprint density at radius 1 is 1.17 bits per heavy atom. The van der Waals surface area contributed by atoms with Crippen LogP contribution in [-0.4, -0.2) is 36.0 Å². The van der Waals surface area contributed by atoms with Crippen molar-refractivity contribution in [3.63, 3.8) is 0 Å². The summed E-state index contributed by atoms with van der Waals surface area (Å²) < 4.78 is 4.93. The van der Waals surface area contributed by atoms with Crippen LogP contribution < -0.4 is 21.5 Å². The molecule has 0 aliphatic rings. The molecular weight excluding hydrogens is 318 g/mol. The molecule has 9 nitrogen and oxygen atoms in total. The zero-order valence-electron chi connectivity index (χ0n) is 13.0. The van der Waals surface area contributed by atoms with Crippen molar-refractivity contribution >= 4 is 23.9 Å². The molecule has 0 saturated heterocycles. The first kappa shape index (κ1) is 18.9. The van der Waals surface area contributed by atoms with Gasteiger partial charge in [-0.15, -0.1) is 0 Å². The fourth-order valence-electron chi connectivity index (χ4n) is 1.70. The molecule has 0 radical (unpaired) electrons. The van der Waals surface area contributed by atoms with Gasteiger partial charge < -0.3 is 31.0 Å². The lowest BCUT2D eigenvalue weighted by atomic mass is 10.2. The number of nitrogens with one attached hydrogen (secondary N) is 2. The number of rotatable bonds is 8. The Hall–Kier alpha value is -3.10. The normalized spacial score (nSPS) is 12.5. The molecule has 2 atom stereocenters. The topological polar surface area (TPSA) is 151 Å². The molecule has 0 saturated carbocycles. The monoisotopic (exact) mass is 336 g/mol. The minimum Gasteiger partial charge on any atom is -0.548 e. The van der Waals surface area contributed by atoms with Crippen molar-refractivity contribution in [2.24, 2.45) is 5.73 Å². The first-order valence-electron chi connectivity index (χ1n) is 7.06. The second-order valence-corrected chi connectivity index (χ2v) is 4.98. The number of benzene rings is 1. The molecule has 24 heavy (non-hydrogen) atoms. The summed E-state index contributed by atoms with van der Waals surface area (Å²) in [5.74, 6) is -3.38. The summed E-state index contributed by atoms with van der Waals surface area (Å²) in [6.07, 6.45) is -1.46. The Morgan fingerprint density at radius 3 is 2.33 bits per heavy atom. The van der Waals surface area contributed by atoms with E-state index in [-0.39, 0.29) is 6.61 Å². The van der Waals surface area contributed by atoms with Crippen molar-refractivity contribution in [2.75, 3.05) is 0 Å². The predicted molar refractivity (Wildman–Crippen MR) is 80.0 cm³/mol. The van der Waals surface area contributed by atoms with Crippen molar-refractivity contribution < 1.29 is 29.0 Å². The molecular formula is C15H18N3O6-. The third kappa shape index (κ3) is 6.77. The number of carboxylic acid groups (broad SMARTS) is 1. The average molecular weight is 336 g/mol. The third-order valence-electron chi connectivity index (χ3n) is 2.95. The van der Waals surface area contributed by atoms with Crippen LogP contribution in [0.25, 0.3) is 0 Å². The molecule has 1 rings (SSSR count). The highest BCUT2D eigenvalue weighted by atomic mass is 16.5. The van der Waals surface area contributed by atoms with Gasteiger partial charge in [-0.05, 0) is 12.5 Å². The summed E-state index contributed by atoms with van der Waals surface area (Å²) in [7, 11) is 0. The summed E-state index contributed by atoms with van der Waals surface area (Å²) in [5, 5.41) is 15.1. The fourth-order valence-corrected chi connectivity index (χ4v) is 1.70. The molecule has 4 N–H and O–H groups in total. The number of carbonyl (C=O) groups is 4. The first-order chi connectivity index (χ1) is 11.3. The highest BCUT2D eigenvalue weighted by Gasteiger charge is 2.21. The van der Waals surface area contributed by atoms with Crippen molar-refractivity contribution in [1.82, 2.24) is 10.6 Å². The standard InChI is InChI=1S/C15H19N3O6/c1-9(13(20)18-11(14(21)22)7-12(16)19)17-15(23)24-8-10-5-3-2-4-6-10/h2-6,9,11H,7-8H2,1H3,(H2,16,19)(H,17,23)(H,18,20)(H,21,22)/p-1/t9-,11-/m0/s1. The minimum absolute atomic E-state index is 0.0182. The number of carbonyl (C=O) groups excluding carboxylic acids is 4. The van der Waals surface area contributed by atoms with E-state index in [1.807, 2.05) is 6.07 Å². The van der Waals surface area contributed by atoms with Gasteiger partial charge in [-0.3, -0.25) is 9.59 Å². The molecule has 0 aliphatic carbocycles. The molecule has 3 amide bonds. The molecule has 1 aromatic carbocycles.